The summed E-state index contributed by atoms with van der Waals surface area (Å²) in [6.45, 7) is 11.3. The highest BCUT2D eigenvalue weighted by molar-refractivity contribution is 5.28. The van der Waals surface area contributed by atoms with Crippen LogP contribution in [0.5, 0.6) is 0 Å². The lowest BCUT2D eigenvalue weighted by Crippen LogP contribution is -2.38. The quantitative estimate of drug-likeness (QED) is 0.816. The van der Waals surface area contributed by atoms with Gasteiger partial charge in [-0.2, -0.15) is 0 Å². The van der Waals surface area contributed by atoms with Crippen molar-refractivity contribution in [2.75, 3.05) is 0 Å². The highest BCUT2D eigenvalue weighted by Crippen LogP contribution is 2.41. The molecule has 1 aromatic rings. The van der Waals surface area contributed by atoms with E-state index in [1.807, 2.05) is 0 Å². The highest BCUT2D eigenvalue weighted by atomic mass is 16.3. The molecule has 1 N–H and O–H groups in total. The van der Waals surface area contributed by atoms with Crippen molar-refractivity contribution in [1.82, 2.24) is 0 Å². The fourth-order valence-electron chi connectivity index (χ4n) is 3.07. The second-order valence-corrected chi connectivity index (χ2v) is 8.51. The Kier molecular flexibility index (Phi) is 4.03. The van der Waals surface area contributed by atoms with Gasteiger partial charge >= 0.3 is 0 Å². The Labute approximate surface area is 124 Å². The summed E-state index contributed by atoms with van der Waals surface area (Å²) in [5.41, 5.74) is 2.74. The lowest BCUT2D eigenvalue weighted by Gasteiger charge is -2.40. The van der Waals surface area contributed by atoms with Crippen LogP contribution in [-0.2, 0) is 11.8 Å². The second kappa shape index (κ2) is 5.18. The number of hydrogen-bond acceptors (Lipinski definition) is 1. The van der Waals surface area contributed by atoms with Gasteiger partial charge in [0.05, 0.1) is 5.60 Å². The van der Waals surface area contributed by atoms with Crippen LogP contribution in [-0.4, -0.2) is 10.7 Å². The average Bonchev–Trinajstić information content (AvgIpc) is 2.33. The first-order valence-electron chi connectivity index (χ1n) is 7.92. The molecule has 0 aliphatic heterocycles. The van der Waals surface area contributed by atoms with Crippen LogP contribution in [0.3, 0.4) is 0 Å². The van der Waals surface area contributed by atoms with Crippen molar-refractivity contribution in [3.63, 3.8) is 0 Å². The maximum atomic E-state index is 10.8. The van der Waals surface area contributed by atoms with E-state index in [1.54, 1.807) is 0 Å². The van der Waals surface area contributed by atoms with Crippen LogP contribution in [0.25, 0.3) is 0 Å². The summed E-state index contributed by atoms with van der Waals surface area (Å²) in [6, 6.07) is 8.81. The topological polar surface area (TPSA) is 20.2 Å². The Morgan fingerprint density at radius 1 is 0.950 bits per heavy atom. The van der Waals surface area contributed by atoms with Crippen LogP contribution in [0.15, 0.2) is 24.3 Å². The SMILES string of the molecule is CC1(C)CCC(O)(Cc2ccc(C(C)(C)C)cc2)CC1. The summed E-state index contributed by atoms with van der Waals surface area (Å²) < 4.78 is 0. The maximum Gasteiger partial charge on any atom is 0.0688 e. The van der Waals surface area contributed by atoms with Crippen LogP contribution in [0.1, 0.15) is 71.4 Å². The van der Waals surface area contributed by atoms with Gasteiger partial charge in [0.15, 0.2) is 0 Å². The number of benzene rings is 1. The van der Waals surface area contributed by atoms with Crippen molar-refractivity contribution >= 4 is 0 Å². The maximum absolute atomic E-state index is 10.8. The van der Waals surface area contributed by atoms with E-state index in [-0.39, 0.29) is 5.41 Å². The predicted octanol–water partition coefficient (Wildman–Crippen LogP) is 4.86. The molecule has 0 radical (unpaired) electrons. The number of aliphatic hydroxyl groups is 1. The van der Waals surface area contributed by atoms with Gasteiger partial charge in [-0.25, -0.2) is 0 Å². The first-order chi connectivity index (χ1) is 9.10. The minimum Gasteiger partial charge on any atom is -0.390 e. The summed E-state index contributed by atoms with van der Waals surface area (Å²) in [4.78, 5) is 0. The molecule has 112 valence electrons. The molecule has 1 aliphatic carbocycles. The summed E-state index contributed by atoms with van der Waals surface area (Å²) in [5.74, 6) is 0. The zero-order valence-electron chi connectivity index (χ0n) is 13.8. The standard InChI is InChI=1S/C19H30O/c1-17(2,3)16-8-6-15(7-9-16)14-19(20)12-10-18(4,5)11-13-19/h6-9,20H,10-14H2,1-5H3. The Hall–Kier alpha value is -0.820. The molecule has 0 spiro atoms. The average molecular weight is 274 g/mol. The molecular formula is C19H30O. The number of hydrogen-bond donors (Lipinski definition) is 1. The van der Waals surface area contributed by atoms with Crippen molar-refractivity contribution in [3.8, 4) is 0 Å². The van der Waals surface area contributed by atoms with E-state index in [0.29, 0.717) is 5.41 Å². The summed E-state index contributed by atoms with van der Waals surface area (Å²) in [6.07, 6.45) is 4.92. The molecule has 2 rings (SSSR count). The highest BCUT2D eigenvalue weighted by Gasteiger charge is 2.36. The number of rotatable bonds is 2. The van der Waals surface area contributed by atoms with E-state index in [9.17, 15) is 5.11 Å². The third kappa shape index (κ3) is 3.85. The lowest BCUT2D eigenvalue weighted by molar-refractivity contribution is -0.0251. The Morgan fingerprint density at radius 3 is 1.90 bits per heavy atom. The van der Waals surface area contributed by atoms with E-state index in [0.717, 1.165) is 32.1 Å². The molecule has 1 nitrogen and oxygen atoms in total. The van der Waals surface area contributed by atoms with E-state index in [1.165, 1.54) is 11.1 Å². The van der Waals surface area contributed by atoms with Crippen molar-refractivity contribution in [2.45, 2.75) is 77.7 Å². The fourth-order valence-corrected chi connectivity index (χ4v) is 3.07. The molecule has 0 unspecified atom stereocenters. The van der Waals surface area contributed by atoms with Gasteiger partial charge in [0, 0.05) is 6.42 Å². The molecule has 0 aromatic heterocycles. The van der Waals surface area contributed by atoms with Crippen molar-refractivity contribution < 1.29 is 5.11 Å². The summed E-state index contributed by atoms with van der Waals surface area (Å²) in [7, 11) is 0. The molecule has 0 amide bonds. The molecule has 20 heavy (non-hydrogen) atoms. The van der Waals surface area contributed by atoms with Gasteiger partial charge in [0.2, 0.25) is 0 Å². The molecule has 0 atom stereocenters. The monoisotopic (exact) mass is 274 g/mol. The van der Waals surface area contributed by atoms with Crippen LogP contribution in [0.2, 0.25) is 0 Å². The summed E-state index contributed by atoms with van der Waals surface area (Å²) >= 11 is 0. The fraction of sp³-hybridized carbons (Fsp3) is 0.684. The third-order valence-electron chi connectivity index (χ3n) is 4.89. The molecule has 1 saturated carbocycles. The van der Waals surface area contributed by atoms with Gasteiger partial charge in [-0.15, -0.1) is 0 Å². The minimum absolute atomic E-state index is 0.199. The molecule has 0 bridgehead atoms. The van der Waals surface area contributed by atoms with Crippen LogP contribution < -0.4 is 0 Å². The molecule has 0 saturated heterocycles. The van der Waals surface area contributed by atoms with Gasteiger partial charge in [-0.3, -0.25) is 0 Å². The minimum atomic E-state index is -0.487. The van der Waals surface area contributed by atoms with E-state index < -0.39 is 5.60 Å². The Balaban J connectivity index is 2.03. The van der Waals surface area contributed by atoms with E-state index in [2.05, 4.69) is 58.9 Å². The van der Waals surface area contributed by atoms with Crippen LogP contribution in [0.4, 0.5) is 0 Å². The van der Waals surface area contributed by atoms with Gasteiger partial charge in [-0.1, -0.05) is 58.9 Å². The summed E-state index contributed by atoms with van der Waals surface area (Å²) in [5, 5.41) is 10.8. The van der Waals surface area contributed by atoms with Crippen molar-refractivity contribution in [1.29, 1.82) is 0 Å². The first-order valence-corrected chi connectivity index (χ1v) is 7.92. The van der Waals surface area contributed by atoms with Gasteiger partial charge < -0.3 is 5.11 Å². The Bertz CT molecular complexity index is 438. The van der Waals surface area contributed by atoms with Gasteiger partial charge in [-0.05, 0) is 47.6 Å². The second-order valence-electron chi connectivity index (χ2n) is 8.51. The van der Waals surface area contributed by atoms with E-state index >= 15 is 0 Å². The van der Waals surface area contributed by atoms with Gasteiger partial charge in [0.1, 0.15) is 0 Å². The lowest BCUT2D eigenvalue weighted by atomic mass is 9.69. The smallest absolute Gasteiger partial charge is 0.0688 e. The van der Waals surface area contributed by atoms with Crippen LogP contribution in [0, 0.1) is 5.41 Å². The first kappa shape index (κ1) is 15.6. The van der Waals surface area contributed by atoms with E-state index in [4.69, 9.17) is 0 Å². The normalized spacial score (nSPS) is 21.7. The molecule has 1 heteroatoms. The third-order valence-corrected chi connectivity index (χ3v) is 4.89. The van der Waals surface area contributed by atoms with Gasteiger partial charge in [0.25, 0.3) is 0 Å². The molecule has 1 aromatic carbocycles. The molecule has 1 fully saturated rings. The molecule has 1 aliphatic rings. The Morgan fingerprint density at radius 2 is 1.45 bits per heavy atom. The van der Waals surface area contributed by atoms with Crippen LogP contribution >= 0.6 is 0 Å². The van der Waals surface area contributed by atoms with Crippen molar-refractivity contribution in [2.24, 2.45) is 5.41 Å². The largest absolute Gasteiger partial charge is 0.390 e. The zero-order chi connectivity index (χ0) is 15.0. The molecule has 0 heterocycles. The predicted molar refractivity (Wildman–Crippen MR) is 86.0 cm³/mol. The molecular weight excluding hydrogens is 244 g/mol. The van der Waals surface area contributed by atoms with Crippen molar-refractivity contribution in [3.05, 3.63) is 35.4 Å². The zero-order valence-corrected chi connectivity index (χ0v) is 13.8.